The van der Waals surface area contributed by atoms with Gasteiger partial charge in [0.15, 0.2) is 0 Å². The molecule has 6 unspecified atom stereocenters. The maximum absolute atomic E-state index is 11.6. The first-order valence-electron chi connectivity index (χ1n) is 16.6. The first kappa shape index (κ1) is 55.0. The van der Waals surface area contributed by atoms with Gasteiger partial charge in [0.1, 0.15) is 36.6 Å². The zero-order chi connectivity index (χ0) is 42.8. The van der Waals surface area contributed by atoms with Crippen molar-refractivity contribution in [3.05, 3.63) is 0 Å². The van der Waals surface area contributed by atoms with E-state index in [1.54, 1.807) is 7.11 Å². The molecule has 1 saturated carbocycles. The van der Waals surface area contributed by atoms with Crippen LogP contribution in [0.3, 0.4) is 0 Å². The Hall–Kier alpha value is -0.0400. The van der Waals surface area contributed by atoms with Crippen molar-refractivity contribution < 1.29 is 133 Å². The van der Waals surface area contributed by atoms with Gasteiger partial charge in [-0.2, -0.15) is 0 Å². The van der Waals surface area contributed by atoms with Crippen LogP contribution in [0.2, 0.25) is 0 Å². The molecule has 1 rings (SSSR count). The third-order valence-electron chi connectivity index (χ3n) is 6.63. The zero-order valence-corrected chi connectivity index (χ0v) is 34.0. The van der Waals surface area contributed by atoms with Gasteiger partial charge >= 0.3 is 0 Å². The summed E-state index contributed by atoms with van der Waals surface area (Å²) in [7, 11) is -23.9. The number of phosphoric acid groups is 4. The Kier molecular flexibility index (Phi) is 29.0. The van der Waals surface area contributed by atoms with Crippen LogP contribution in [0.1, 0.15) is 0 Å². The molecule has 0 radical (unpaired) electrons. The highest BCUT2D eigenvalue weighted by atomic mass is 31.2. The minimum Gasteiger partial charge on any atom is -0.790 e. The van der Waals surface area contributed by atoms with Gasteiger partial charge in [-0.1, -0.05) is 0 Å². The highest BCUT2D eigenvalue weighted by molar-refractivity contribution is 7.44. The topological polar surface area (TPSA) is 414 Å². The SMILES string of the molecule is COCCOCCOCCOCCOCCOCCOCCOCCOCCOC1C(O[O-])C(OP(=O)([O-])[O-])C(OP(=O)([O-])[O-])C(OP(=O)([O-])[O-])C1OP(=O)([O-])[O-]. The lowest BCUT2D eigenvalue weighted by Crippen LogP contribution is -2.68. The third kappa shape index (κ3) is 29.0. The highest BCUT2D eigenvalue weighted by Gasteiger charge is 2.55. The number of hydrogen-bond acceptors (Lipinski definition) is 28. The summed E-state index contributed by atoms with van der Waals surface area (Å²) < 4.78 is 114. The molecule has 1 aliphatic rings. The number of methoxy groups -OCH3 is 1. The zero-order valence-electron chi connectivity index (χ0n) is 30.4. The smallest absolute Gasteiger partial charge is 0.121 e. The van der Waals surface area contributed by atoms with Gasteiger partial charge in [0.05, 0.1) is 150 Å². The highest BCUT2D eigenvalue weighted by Crippen LogP contribution is 2.48. The number of rotatable bonds is 37. The standard InChI is InChI=1S/C25H54O28P4/c1-39-2-3-40-4-5-41-6-7-42-8-9-43-10-11-44-12-13-45-14-15-46-16-17-47-18-19-48-20-21(49-26)23(51-55(30,31)32)25(53-57(36,37)38)24(52-56(33,34)35)22(20)50-54(27,28)29/h20-26H,2-19H2,1H3,(H2,27,28,29)(H2,30,31,32)(H2,33,34,35)(H2,36,37,38)/p-9. The molecule has 0 heterocycles. The van der Waals surface area contributed by atoms with Crippen molar-refractivity contribution in [1.29, 1.82) is 0 Å². The van der Waals surface area contributed by atoms with Gasteiger partial charge in [-0.25, -0.2) is 0 Å². The van der Waals surface area contributed by atoms with Crippen LogP contribution in [0, 0.1) is 0 Å². The fourth-order valence-electron chi connectivity index (χ4n) is 4.52. The lowest BCUT2D eigenvalue weighted by molar-refractivity contribution is -0.710. The van der Waals surface area contributed by atoms with Crippen LogP contribution in [0.15, 0.2) is 0 Å². The molecule has 0 amide bonds. The second kappa shape index (κ2) is 30.1. The van der Waals surface area contributed by atoms with E-state index in [1.165, 1.54) is 0 Å². The molecule has 32 heteroatoms. The molecule has 0 N–H and O–H groups in total. The fraction of sp³-hybridized carbons (Fsp3) is 1.00. The maximum Gasteiger partial charge on any atom is 0.121 e. The molecule has 1 fully saturated rings. The Morgan fingerprint density at radius 2 is 0.544 bits per heavy atom. The molecule has 0 aromatic rings. The molecule has 28 nitrogen and oxygen atoms in total. The van der Waals surface area contributed by atoms with E-state index in [-0.39, 0.29) is 39.6 Å². The molecule has 0 aromatic carbocycles. The van der Waals surface area contributed by atoms with Crippen molar-refractivity contribution >= 4 is 31.3 Å². The molecular weight excluding hydrogens is 872 g/mol. The monoisotopic (exact) mass is 917 g/mol. The first-order chi connectivity index (χ1) is 26.8. The molecule has 0 saturated heterocycles. The van der Waals surface area contributed by atoms with Crippen molar-refractivity contribution in [3.63, 3.8) is 0 Å². The second-order valence-electron chi connectivity index (χ2n) is 10.9. The van der Waals surface area contributed by atoms with Crippen LogP contribution in [-0.4, -0.2) is 163 Å². The number of ether oxygens (including phenoxy) is 10. The van der Waals surface area contributed by atoms with Gasteiger partial charge in [-0.05, 0) is 0 Å². The summed E-state index contributed by atoms with van der Waals surface area (Å²) in [5.41, 5.74) is 0. The summed E-state index contributed by atoms with van der Waals surface area (Å²) >= 11 is 0. The van der Waals surface area contributed by atoms with E-state index in [2.05, 4.69) is 23.0 Å². The Morgan fingerprint density at radius 3 is 0.772 bits per heavy atom. The van der Waals surface area contributed by atoms with Gasteiger partial charge in [0, 0.05) is 7.11 Å². The van der Waals surface area contributed by atoms with Crippen LogP contribution >= 0.6 is 31.3 Å². The number of phosphoric ester groups is 4. The fourth-order valence-corrected chi connectivity index (χ4v) is 6.68. The quantitative estimate of drug-likeness (QED) is 0.0242. The van der Waals surface area contributed by atoms with Crippen molar-refractivity contribution in [2.45, 2.75) is 36.6 Å². The molecule has 0 bridgehead atoms. The molecular formula is C25H45O28P4-9. The molecule has 0 spiro atoms. The third-order valence-corrected chi connectivity index (χ3v) is 8.64. The van der Waals surface area contributed by atoms with Gasteiger partial charge in [-0.15, -0.1) is 0 Å². The van der Waals surface area contributed by atoms with Crippen LogP contribution in [0.5, 0.6) is 0 Å². The average molecular weight is 918 g/mol. The Morgan fingerprint density at radius 1 is 0.333 bits per heavy atom. The van der Waals surface area contributed by atoms with E-state index >= 15 is 0 Å². The van der Waals surface area contributed by atoms with Crippen LogP contribution < -0.4 is 44.4 Å². The maximum atomic E-state index is 11.6. The summed E-state index contributed by atoms with van der Waals surface area (Å²) in [4.78, 5) is 95.0. The van der Waals surface area contributed by atoms with Gasteiger partial charge in [-0.3, -0.25) is 0 Å². The van der Waals surface area contributed by atoms with Crippen molar-refractivity contribution in [2.24, 2.45) is 0 Å². The Balaban J connectivity index is 2.39. The summed E-state index contributed by atoms with van der Waals surface area (Å²) in [6.07, 6.45) is -17.3. The average Bonchev–Trinajstić information content (AvgIpc) is 3.08. The predicted octanol–water partition coefficient (Wildman–Crippen LogP) is -8.32. The molecule has 0 aromatic heterocycles. The van der Waals surface area contributed by atoms with E-state index in [0.717, 1.165) is 0 Å². The summed E-state index contributed by atoms with van der Waals surface area (Å²) in [6, 6.07) is 0. The molecule has 57 heavy (non-hydrogen) atoms. The van der Waals surface area contributed by atoms with Crippen LogP contribution in [-0.2, 0) is 88.6 Å². The van der Waals surface area contributed by atoms with Crippen molar-refractivity contribution in [3.8, 4) is 0 Å². The van der Waals surface area contributed by atoms with E-state index in [0.29, 0.717) is 66.1 Å². The number of hydrogen-bond donors (Lipinski definition) is 0. The summed E-state index contributed by atoms with van der Waals surface area (Å²) in [6.45, 7) is 3.80. The van der Waals surface area contributed by atoms with Gasteiger partial charge in [0.2, 0.25) is 0 Å². The summed E-state index contributed by atoms with van der Waals surface area (Å²) in [5.74, 6) is 0. The van der Waals surface area contributed by atoms with Crippen molar-refractivity contribution in [2.75, 3.05) is 126 Å². The normalized spacial score (nSPS) is 22.4. The van der Waals surface area contributed by atoms with Crippen molar-refractivity contribution in [1.82, 2.24) is 0 Å². The molecule has 0 aliphatic heterocycles. The Bertz CT molecular complexity index is 1210. The minimum absolute atomic E-state index is 0.0188. The van der Waals surface area contributed by atoms with Gasteiger partial charge < -0.3 is 133 Å². The minimum atomic E-state index is -6.42. The largest absolute Gasteiger partial charge is 0.790 e. The van der Waals surface area contributed by atoms with Gasteiger partial charge in [0.25, 0.3) is 0 Å². The van der Waals surface area contributed by atoms with Crippen LogP contribution in [0.4, 0.5) is 0 Å². The van der Waals surface area contributed by atoms with E-state index in [9.17, 15) is 62.7 Å². The van der Waals surface area contributed by atoms with E-state index < -0.39 is 81.1 Å². The molecule has 342 valence electrons. The molecule has 1 aliphatic carbocycles. The predicted molar refractivity (Wildman–Crippen MR) is 163 cm³/mol. The molecule has 6 atom stereocenters. The first-order valence-corrected chi connectivity index (χ1v) is 22.4. The lowest BCUT2D eigenvalue weighted by atomic mass is 9.85. The Labute approximate surface area is 326 Å². The van der Waals surface area contributed by atoms with Crippen LogP contribution in [0.25, 0.3) is 0 Å². The second-order valence-corrected chi connectivity index (χ2v) is 15.3. The lowest BCUT2D eigenvalue weighted by Gasteiger charge is -2.56. The van der Waals surface area contributed by atoms with E-state index in [4.69, 9.17) is 47.4 Å². The van der Waals surface area contributed by atoms with E-state index in [1.807, 2.05) is 0 Å². The summed E-state index contributed by atoms with van der Waals surface area (Å²) in [5, 5.41) is 11.6.